The van der Waals surface area contributed by atoms with Gasteiger partial charge in [0.1, 0.15) is 5.75 Å². The Balaban J connectivity index is 2.83. The fourth-order valence-electron chi connectivity index (χ4n) is 1.95. The molecule has 0 saturated heterocycles. The average Bonchev–Trinajstić information content (AvgIpc) is 2.53. The number of nitrogens with one attached hydrogen (secondary N) is 1. The van der Waals surface area contributed by atoms with Gasteiger partial charge in [-0.15, -0.1) is 0 Å². The molecular formula is C16H26N2O4S. The van der Waals surface area contributed by atoms with Crippen LogP contribution in [0.1, 0.15) is 39.7 Å². The summed E-state index contributed by atoms with van der Waals surface area (Å²) in [6.45, 7) is 8.48. The van der Waals surface area contributed by atoms with Gasteiger partial charge in [0.25, 0.3) is 0 Å². The van der Waals surface area contributed by atoms with Crippen molar-refractivity contribution in [3.05, 3.63) is 29.8 Å². The molecule has 0 bridgehead atoms. The molecule has 7 heteroatoms. The first-order valence-electron chi connectivity index (χ1n) is 7.88. The van der Waals surface area contributed by atoms with Gasteiger partial charge in [-0.1, -0.05) is 19.1 Å². The monoisotopic (exact) mass is 342 g/mol. The summed E-state index contributed by atoms with van der Waals surface area (Å²) >= 11 is 0. The second-order valence-electron chi connectivity index (χ2n) is 5.29. The van der Waals surface area contributed by atoms with E-state index in [0.717, 1.165) is 12.0 Å². The van der Waals surface area contributed by atoms with Gasteiger partial charge in [0.05, 0.1) is 5.75 Å². The smallest absolute Gasteiger partial charge is 0.317 e. The molecule has 0 fully saturated rings. The van der Waals surface area contributed by atoms with E-state index in [4.69, 9.17) is 4.18 Å². The van der Waals surface area contributed by atoms with E-state index in [1.165, 1.54) is 6.92 Å². The Morgan fingerprint density at radius 3 is 2.30 bits per heavy atom. The van der Waals surface area contributed by atoms with Crippen molar-refractivity contribution >= 4 is 16.1 Å². The van der Waals surface area contributed by atoms with E-state index in [9.17, 15) is 13.2 Å². The van der Waals surface area contributed by atoms with Crippen LogP contribution in [0, 0.1) is 0 Å². The predicted octanol–water partition coefficient (Wildman–Crippen LogP) is 2.75. The maximum Gasteiger partial charge on any atom is 0.317 e. The van der Waals surface area contributed by atoms with Crippen LogP contribution >= 0.6 is 0 Å². The molecule has 0 aromatic heterocycles. The third-order valence-corrected chi connectivity index (χ3v) is 4.72. The van der Waals surface area contributed by atoms with Gasteiger partial charge < -0.3 is 14.4 Å². The standard InChI is InChI=1S/C16H26N2O4S/c1-5-13(4)18(16(19)17-6-2)12-14-8-10-15(11-9-14)22-23(20,21)7-3/h8-11,13H,5-7,12H2,1-4H3,(H,17,19). The molecule has 6 nitrogen and oxygen atoms in total. The molecule has 0 heterocycles. The zero-order valence-electron chi connectivity index (χ0n) is 14.2. The Kier molecular flexibility index (Phi) is 7.35. The van der Waals surface area contributed by atoms with Crippen molar-refractivity contribution in [2.75, 3.05) is 12.3 Å². The minimum Gasteiger partial charge on any atom is -0.382 e. The molecule has 1 N–H and O–H groups in total. The topological polar surface area (TPSA) is 75.7 Å². The van der Waals surface area contributed by atoms with Gasteiger partial charge in [-0.25, -0.2) is 4.79 Å². The Morgan fingerprint density at radius 2 is 1.83 bits per heavy atom. The summed E-state index contributed by atoms with van der Waals surface area (Å²) in [7, 11) is -3.52. The highest BCUT2D eigenvalue weighted by Crippen LogP contribution is 2.17. The molecule has 0 saturated carbocycles. The van der Waals surface area contributed by atoms with E-state index in [-0.39, 0.29) is 23.6 Å². The van der Waals surface area contributed by atoms with Crippen LogP contribution in [0.3, 0.4) is 0 Å². The molecule has 130 valence electrons. The first kappa shape index (κ1) is 19.3. The molecule has 0 aliphatic rings. The molecule has 1 aromatic carbocycles. The third kappa shape index (κ3) is 6.09. The van der Waals surface area contributed by atoms with Crippen LogP contribution in [0.15, 0.2) is 24.3 Å². The summed E-state index contributed by atoms with van der Waals surface area (Å²) in [5.74, 6) is 0.206. The molecule has 0 aliphatic carbocycles. The van der Waals surface area contributed by atoms with Gasteiger partial charge in [0.2, 0.25) is 0 Å². The van der Waals surface area contributed by atoms with E-state index in [1.54, 1.807) is 29.2 Å². The Morgan fingerprint density at radius 1 is 1.22 bits per heavy atom. The first-order chi connectivity index (χ1) is 10.8. The van der Waals surface area contributed by atoms with Crippen molar-refractivity contribution in [3.63, 3.8) is 0 Å². The summed E-state index contributed by atoms with van der Waals surface area (Å²) in [4.78, 5) is 13.9. The molecule has 1 aromatic rings. The van der Waals surface area contributed by atoms with Gasteiger partial charge in [-0.2, -0.15) is 8.42 Å². The quantitative estimate of drug-likeness (QED) is 0.737. The second-order valence-corrected chi connectivity index (χ2v) is 7.15. The predicted molar refractivity (Wildman–Crippen MR) is 90.9 cm³/mol. The highest BCUT2D eigenvalue weighted by atomic mass is 32.2. The van der Waals surface area contributed by atoms with E-state index >= 15 is 0 Å². The third-order valence-electron chi connectivity index (χ3n) is 3.56. The lowest BCUT2D eigenvalue weighted by molar-refractivity contribution is 0.174. The highest BCUT2D eigenvalue weighted by molar-refractivity contribution is 7.87. The molecule has 1 atom stereocenters. The van der Waals surface area contributed by atoms with Crippen LogP contribution in [-0.4, -0.2) is 37.7 Å². The molecule has 23 heavy (non-hydrogen) atoms. The number of amides is 2. The fourth-order valence-corrected chi connectivity index (χ4v) is 2.48. The van der Waals surface area contributed by atoms with Crippen LogP contribution in [0.2, 0.25) is 0 Å². The summed E-state index contributed by atoms with van der Waals surface area (Å²) < 4.78 is 27.8. The summed E-state index contributed by atoms with van der Waals surface area (Å²) in [6, 6.07) is 6.77. The van der Waals surface area contributed by atoms with Crippen molar-refractivity contribution in [2.45, 2.75) is 46.7 Å². The molecular weight excluding hydrogens is 316 g/mol. The zero-order chi connectivity index (χ0) is 17.5. The first-order valence-corrected chi connectivity index (χ1v) is 9.46. The second kappa shape index (κ2) is 8.76. The summed E-state index contributed by atoms with van der Waals surface area (Å²) in [5.41, 5.74) is 0.915. The van der Waals surface area contributed by atoms with Crippen molar-refractivity contribution in [3.8, 4) is 5.75 Å². The average molecular weight is 342 g/mol. The van der Waals surface area contributed by atoms with Gasteiger partial charge >= 0.3 is 16.1 Å². The van der Waals surface area contributed by atoms with Crippen molar-refractivity contribution < 1.29 is 17.4 Å². The van der Waals surface area contributed by atoms with E-state index in [1.807, 2.05) is 20.8 Å². The number of hydrogen-bond donors (Lipinski definition) is 1. The molecule has 0 spiro atoms. The number of urea groups is 1. The SMILES string of the molecule is CCNC(=O)N(Cc1ccc(OS(=O)(=O)CC)cc1)C(C)CC. The van der Waals surface area contributed by atoms with Crippen molar-refractivity contribution in [2.24, 2.45) is 0 Å². The number of carbonyl (C=O) groups is 1. The highest BCUT2D eigenvalue weighted by Gasteiger charge is 2.18. The van der Waals surface area contributed by atoms with Gasteiger partial charge in [-0.05, 0) is 44.9 Å². The largest absolute Gasteiger partial charge is 0.382 e. The Labute approximate surface area is 138 Å². The maximum absolute atomic E-state index is 12.2. The van der Waals surface area contributed by atoms with Gasteiger partial charge in [0, 0.05) is 19.1 Å². The van der Waals surface area contributed by atoms with Crippen LogP contribution in [0.25, 0.3) is 0 Å². The number of hydrogen-bond acceptors (Lipinski definition) is 4. The Hall–Kier alpha value is -1.76. The van der Waals surface area contributed by atoms with Crippen molar-refractivity contribution in [1.82, 2.24) is 10.2 Å². The Bertz CT molecular complexity index is 599. The summed E-state index contributed by atoms with van der Waals surface area (Å²) in [5, 5.41) is 2.81. The number of rotatable bonds is 8. The number of benzene rings is 1. The number of carbonyl (C=O) groups excluding carboxylic acids is 1. The molecule has 2 amide bonds. The van der Waals surface area contributed by atoms with Crippen LogP contribution in [0.4, 0.5) is 4.79 Å². The minimum absolute atomic E-state index is 0.0757. The van der Waals surface area contributed by atoms with E-state index < -0.39 is 10.1 Å². The molecule has 0 radical (unpaired) electrons. The maximum atomic E-state index is 12.2. The summed E-state index contributed by atoms with van der Waals surface area (Å²) in [6.07, 6.45) is 0.854. The van der Waals surface area contributed by atoms with Crippen LogP contribution in [0.5, 0.6) is 5.75 Å². The minimum atomic E-state index is -3.52. The van der Waals surface area contributed by atoms with E-state index in [2.05, 4.69) is 5.32 Å². The van der Waals surface area contributed by atoms with E-state index in [0.29, 0.717) is 13.1 Å². The molecule has 1 unspecified atom stereocenters. The zero-order valence-corrected chi connectivity index (χ0v) is 15.0. The fraction of sp³-hybridized carbons (Fsp3) is 0.562. The normalized spacial score (nSPS) is 12.5. The lowest BCUT2D eigenvalue weighted by Gasteiger charge is -2.28. The molecule has 0 aliphatic heterocycles. The van der Waals surface area contributed by atoms with Gasteiger partial charge in [0.15, 0.2) is 0 Å². The van der Waals surface area contributed by atoms with Gasteiger partial charge in [-0.3, -0.25) is 0 Å². The van der Waals surface area contributed by atoms with Crippen LogP contribution < -0.4 is 9.50 Å². The lowest BCUT2D eigenvalue weighted by Crippen LogP contribution is -2.44. The lowest BCUT2D eigenvalue weighted by atomic mass is 10.1. The number of nitrogens with zero attached hydrogens (tertiary/aromatic N) is 1. The van der Waals surface area contributed by atoms with Crippen molar-refractivity contribution in [1.29, 1.82) is 0 Å². The molecule has 1 rings (SSSR count). The van der Waals surface area contributed by atoms with Crippen LogP contribution in [-0.2, 0) is 16.7 Å².